The van der Waals surface area contributed by atoms with Gasteiger partial charge < -0.3 is 15.4 Å². The highest BCUT2D eigenvalue weighted by Crippen LogP contribution is 2.16. The summed E-state index contributed by atoms with van der Waals surface area (Å²) in [6.45, 7) is 3.31. The molecule has 20 heavy (non-hydrogen) atoms. The normalized spacial score (nSPS) is 19.6. The summed E-state index contributed by atoms with van der Waals surface area (Å²) in [6.07, 6.45) is 2.32. The fourth-order valence-electron chi connectivity index (χ4n) is 2.12. The average molecular weight is 300 g/mol. The molecule has 0 amide bonds. The molecule has 1 aliphatic heterocycles. The maximum Gasteiger partial charge on any atom is 0.166 e. The van der Waals surface area contributed by atoms with Gasteiger partial charge in [-0.2, -0.15) is 0 Å². The molecule has 1 fully saturated rings. The van der Waals surface area contributed by atoms with Crippen molar-refractivity contribution in [3.63, 3.8) is 0 Å². The molecule has 0 spiro atoms. The molecule has 1 aliphatic rings. The quantitative estimate of drug-likeness (QED) is 0.838. The fourth-order valence-corrected chi connectivity index (χ4v) is 2.38. The van der Waals surface area contributed by atoms with Crippen molar-refractivity contribution in [1.29, 1.82) is 0 Å². The number of rotatable bonds is 4. The molecule has 0 aromatic heterocycles. The Hall–Kier alpha value is -1.27. The van der Waals surface area contributed by atoms with E-state index >= 15 is 0 Å². The number of benzene rings is 1. The molecule has 0 aliphatic carbocycles. The second-order valence-electron chi connectivity index (χ2n) is 4.88. The van der Waals surface area contributed by atoms with Gasteiger partial charge >= 0.3 is 0 Å². The Balaban J connectivity index is 1.81. The van der Waals surface area contributed by atoms with Crippen LogP contribution in [0.3, 0.4) is 0 Å². The number of ether oxygens (including phenoxy) is 1. The minimum Gasteiger partial charge on any atom is -0.376 e. The highest BCUT2D eigenvalue weighted by molar-refractivity contribution is 7.80. The Bertz CT molecular complexity index is 478. The van der Waals surface area contributed by atoms with Gasteiger partial charge in [-0.25, -0.2) is 8.78 Å². The van der Waals surface area contributed by atoms with Gasteiger partial charge in [0.05, 0.1) is 12.1 Å². The zero-order valence-electron chi connectivity index (χ0n) is 11.3. The summed E-state index contributed by atoms with van der Waals surface area (Å²) in [6, 6.07) is 3.63. The van der Waals surface area contributed by atoms with Gasteiger partial charge in [-0.3, -0.25) is 0 Å². The second-order valence-corrected chi connectivity index (χ2v) is 5.29. The van der Waals surface area contributed by atoms with Crippen LogP contribution in [-0.4, -0.2) is 24.4 Å². The molecule has 1 heterocycles. The van der Waals surface area contributed by atoms with E-state index in [0.717, 1.165) is 25.5 Å². The third-order valence-electron chi connectivity index (χ3n) is 3.31. The minimum absolute atomic E-state index is 0.199. The first kappa shape index (κ1) is 15.1. The van der Waals surface area contributed by atoms with Crippen molar-refractivity contribution < 1.29 is 13.5 Å². The monoisotopic (exact) mass is 300 g/mol. The molecular formula is C14H18F2N2OS. The van der Waals surface area contributed by atoms with Crippen molar-refractivity contribution in [2.75, 3.05) is 13.2 Å². The molecule has 1 aromatic carbocycles. The summed E-state index contributed by atoms with van der Waals surface area (Å²) >= 11 is 5.18. The summed E-state index contributed by atoms with van der Waals surface area (Å²) in [4.78, 5) is 0. The Labute approximate surface area is 122 Å². The third kappa shape index (κ3) is 4.11. The first-order chi connectivity index (χ1) is 9.56. The second kappa shape index (κ2) is 6.95. The van der Waals surface area contributed by atoms with Gasteiger partial charge in [0, 0.05) is 13.2 Å². The maximum absolute atomic E-state index is 13.2. The number of thiocarbonyl (C=S) groups is 1. The molecule has 0 radical (unpaired) electrons. The Morgan fingerprint density at radius 2 is 2.25 bits per heavy atom. The van der Waals surface area contributed by atoms with Crippen LogP contribution < -0.4 is 10.6 Å². The lowest BCUT2D eigenvalue weighted by atomic mass is 10.1. The average Bonchev–Trinajstić information content (AvgIpc) is 2.92. The molecule has 2 N–H and O–H groups in total. The molecule has 0 bridgehead atoms. The molecule has 2 rings (SSSR count). The largest absolute Gasteiger partial charge is 0.376 e. The van der Waals surface area contributed by atoms with Gasteiger partial charge in [-0.15, -0.1) is 0 Å². The van der Waals surface area contributed by atoms with Gasteiger partial charge in [0.25, 0.3) is 0 Å². The Morgan fingerprint density at radius 3 is 2.90 bits per heavy atom. The smallest absolute Gasteiger partial charge is 0.166 e. The van der Waals surface area contributed by atoms with Crippen LogP contribution in [0.1, 0.15) is 31.4 Å². The van der Waals surface area contributed by atoms with E-state index in [-0.39, 0.29) is 12.1 Å². The van der Waals surface area contributed by atoms with E-state index in [1.807, 2.05) is 6.92 Å². The van der Waals surface area contributed by atoms with Crippen LogP contribution in [0, 0.1) is 11.6 Å². The van der Waals surface area contributed by atoms with Crippen molar-refractivity contribution in [3.8, 4) is 0 Å². The van der Waals surface area contributed by atoms with E-state index < -0.39 is 11.6 Å². The van der Waals surface area contributed by atoms with Crippen LogP contribution >= 0.6 is 12.2 Å². The predicted octanol–water partition coefficient (Wildman–Crippen LogP) is 2.67. The van der Waals surface area contributed by atoms with Crippen molar-refractivity contribution in [2.24, 2.45) is 0 Å². The summed E-state index contributed by atoms with van der Waals surface area (Å²) < 4.78 is 31.5. The van der Waals surface area contributed by atoms with Crippen molar-refractivity contribution >= 4 is 17.3 Å². The van der Waals surface area contributed by atoms with Crippen molar-refractivity contribution in [2.45, 2.75) is 31.9 Å². The standard InChI is InChI=1S/C14H18F2N2OS/c1-9(10-4-5-12(15)13(16)7-10)18-14(20)17-8-11-3-2-6-19-11/h4-5,7,9,11H,2-3,6,8H2,1H3,(H2,17,18,20)/t9-,11-/m1/s1. The van der Waals surface area contributed by atoms with Crippen molar-refractivity contribution in [1.82, 2.24) is 10.6 Å². The number of hydrogen-bond donors (Lipinski definition) is 2. The number of halogens is 2. The van der Waals surface area contributed by atoms with Crippen LogP contribution in [0.25, 0.3) is 0 Å². The molecule has 6 heteroatoms. The van der Waals surface area contributed by atoms with Gasteiger partial charge in [-0.05, 0) is 49.7 Å². The first-order valence-corrected chi connectivity index (χ1v) is 7.08. The zero-order valence-corrected chi connectivity index (χ0v) is 12.1. The molecule has 3 nitrogen and oxygen atoms in total. The fraction of sp³-hybridized carbons (Fsp3) is 0.500. The first-order valence-electron chi connectivity index (χ1n) is 6.67. The molecular weight excluding hydrogens is 282 g/mol. The van der Waals surface area contributed by atoms with Crippen LogP contribution in [0.2, 0.25) is 0 Å². The van der Waals surface area contributed by atoms with Gasteiger partial charge in [0.2, 0.25) is 0 Å². The lowest BCUT2D eigenvalue weighted by molar-refractivity contribution is 0.114. The highest BCUT2D eigenvalue weighted by Gasteiger charge is 2.16. The predicted molar refractivity (Wildman–Crippen MR) is 77.5 cm³/mol. The maximum atomic E-state index is 13.2. The number of nitrogens with one attached hydrogen (secondary N) is 2. The SMILES string of the molecule is C[C@@H](NC(=S)NC[C@H]1CCCO1)c1ccc(F)c(F)c1. The van der Waals surface area contributed by atoms with Crippen molar-refractivity contribution in [3.05, 3.63) is 35.4 Å². The summed E-state index contributed by atoms with van der Waals surface area (Å²) in [5.74, 6) is -1.70. The van der Waals surface area contributed by atoms with E-state index in [0.29, 0.717) is 17.2 Å². The Kier molecular flexibility index (Phi) is 5.25. The van der Waals surface area contributed by atoms with E-state index in [1.54, 1.807) is 6.07 Å². The minimum atomic E-state index is -0.852. The summed E-state index contributed by atoms with van der Waals surface area (Å²) in [5.41, 5.74) is 0.644. The highest BCUT2D eigenvalue weighted by atomic mass is 32.1. The van der Waals surface area contributed by atoms with E-state index in [9.17, 15) is 8.78 Å². The topological polar surface area (TPSA) is 33.3 Å². The molecule has 110 valence electrons. The van der Waals surface area contributed by atoms with Crippen LogP contribution in [0.15, 0.2) is 18.2 Å². The zero-order chi connectivity index (χ0) is 14.5. The summed E-state index contributed by atoms with van der Waals surface area (Å²) in [5, 5.41) is 6.61. The van der Waals surface area contributed by atoms with Gasteiger partial charge in [0.15, 0.2) is 16.7 Å². The molecule has 1 aromatic rings. The van der Waals surface area contributed by atoms with E-state index in [1.165, 1.54) is 6.07 Å². The van der Waals surface area contributed by atoms with Gasteiger partial charge in [-0.1, -0.05) is 6.07 Å². The van der Waals surface area contributed by atoms with Crippen LogP contribution in [-0.2, 0) is 4.74 Å². The van der Waals surface area contributed by atoms with Crippen LogP contribution in [0.5, 0.6) is 0 Å². The number of hydrogen-bond acceptors (Lipinski definition) is 2. The molecule has 2 atom stereocenters. The van der Waals surface area contributed by atoms with E-state index in [4.69, 9.17) is 17.0 Å². The molecule has 0 saturated carbocycles. The third-order valence-corrected chi connectivity index (χ3v) is 3.57. The summed E-state index contributed by atoms with van der Waals surface area (Å²) in [7, 11) is 0. The van der Waals surface area contributed by atoms with Gasteiger partial charge in [0.1, 0.15) is 0 Å². The lowest BCUT2D eigenvalue weighted by Crippen LogP contribution is -2.40. The van der Waals surface area contributed by atoms with Crippen LogP contribution in [0.4, 0.5) is 8.78 Å². The lowest BCUT2D eigenvalue weighted by Gasteiger charge is -2.19. The van der Waals surface area contributed by atoms with E-state index in [2.05, 4.69) is 10.6 Å². The molecule has 1 saturated heterocycles. The molecule has 0 unspecified atom stereocenters. The Morgan fingerprint density at radius 1 is 1.45 bits per heavy atom.